The first-order chi connectivity index (χ1) is 14.7. The molecule has 0 bridgehead atoms. The third kappa shape index (κ3) is 6.82. The van der Waals surface area contributed by atoms with Gasteiger partial charge in [0.25, 0.3) is 0 Å². The van der Waals surface area contributed by atoms with Gasteiger partial charge in [-0.05, 0) is 44.4 Å². The van der Waals surface area contributed by atoms with E-state index in [0.29, 0.717) is 32.7 Å². The van der Waals surface area contributed by atoms with Gasteiger partial charge in [0.2, 0.25) is 5.91 Å². The SMILES string of the molecule is Cc1ccc(-c2ccc(C[C@@H](NC(=O)OC(C)(C)C)C(=O)N3CCOCC3)cc2)cc1. The molecule has 1 aliphatic heterocycles. The van der Waals surface area contributed by atoms with Crippen LogP contribution in [0.5, 0.6) is 0 Å². The summed E-state index contributed by atoms with van der Waals surface area (Å²) in [5, 5.41) is 2.78. The molecule has 1 N–H and O–H groups in total. The molecule has 0 unspecified atom stereocenters. The lowest BCUT2D eigenvalue weighted by molar-refractivity contribution is -0.137. The number of aryl methyl sites for hydroxylation is 1. The molecule has 1 atom stereocenters. The normalized spacial score (nSPS) is 15.3. The third-order valence-electron chi connectivity index (χ3n) is 5.09. The molecule has 2 amide bonds. The Morgan fingerprint density at radius 2 is 1.55 bits per heavy atom. The second-order valence-corrected chi connectivity index (χ2v) is 8.90. The van der Waals surface area contributed by atoms with Crippen LogP contribution in [0.2, 0.25) is 0 Å². The summed E-state index contributed by atoms with van der Waals surface area (Å²) >= 11 is 0. The quantitative estimate of drug-likeness (QED) is 0.789. The highest BCUT2D eigenvalue weighted by Gasteiger charge is 2.29. The van der Waals surface area contributed by atoms with Gasteiger partial charge in [0.15, 0.2) is 0 Å². The van der Waals surface area contributed by atoms with E-state index in [1.165, 1.54) is 5.56 Å². The molecule has 1 heterocycles. The molecular formula is C25H32N2O4. The largest absolute Gasteiger partial charge is 0.444 e. The van der Waals surface area contributed by atoms with Crippen LogP contribution < -0.4 is 5.32 Å². The highest BCUT2D eigenvalue weighted by Crippen LogP contribution is 2.21. The lowest BCUT2D eigenvalue weighted by atomic mass is 9.99. The van der Waals surface area contributed by atoms with Crippen molar-refractivity contribution in [3.05, 3.63) is 59.7 Å². The van der Waals surface area contributed by atoms with Gasteiger partial charge in [0.1, 0.15) is 11.6 Å². The molecule has 2 aromatic rings. The Kier molecular flexibility index (Phi) is 7.33. The first-order valence-corrected chi connectivity index (χ1v) is 10.7. The molecule has 1 fully saturated rings. The number of carbonyl (C=O) groups is 2. The van der Waals surface area contributed by atoms with Gasteiger partial charge in [-0.25, -0.2) is 4.79 Å². The molecule has 1 aliphatic rings. The van der Waals surface area contributed by atoms with Crippen LogP contribution in [0.4, 0.5) is 4.79 Å². The Morgan fingerprint density at radius 3 is 2.10 bits per heavy atom. The van der Waals surface area contributed by atoms with Gasteiger partial charge in [-0.1, -0.05) is 54.1 Å². The minimum atomic E-state index is -0.696. The molecule has 0 aliphatic carbocycles. The average molecular weight is 425 g/mol. The Bertz CT molecular complexity index is 879. The summed E-state index contributed by atoms with van der Waals surface area (Å²) in [4.78, 5) is 27.3. The van der Waals surface area contributed by atoms with E-state index in [2.05, 4.69) is 36.5 Å². The molecule has 31 heavy (non-hydrogen) atoms. The number of nitrogens with zero attached hydrogens (tertiary/aromatic N) is 1. The van der Waals surface area contributed by atoms with Crippen LogP contribution in [0.3, 0.4) is 0 Å². The second-order valence-electron chi connectivity index (χ2n) is 8.90. The van der Waals surface area contributed by atoms with E-state index in [9.17, 15) is 9.59 Å². The summed E-state index contributed by atoms with van der Waals surface area (Å²) in [6.07, 6.45) is -0.195. The van der Waals surface area contributed by atoms with Crippen molar-refractivity contribution in [2.24, 2.45) is 0 Å². The van der Waals surface area contributed by atoms with Crippen LogP contribution in [0.15, 0.2) is 48.5 Å². The van der Waals surface area contributed by atoms with Crippen molar-refractivity contribution >= 4 is 12.0 Å². The Balaban J connectivity index is 1.74. The van der Waals surface area contributed by atoms with Gasteiger partial charge >= 0.3 is 6.09 Å². The molecule has 0 radical (unpaired) electrons. The van der Waals surface area contributed by atoms with Crippen molar-refractivity contribution in [1.82, 2.24) is 10.2 Å². The molecule has 2 aromatic carbocycles. The smallest absolute Gasteiger partial charge is 0.408 e. The number of ether oxygens (including phenoxy) is 2. The first-order valence-electron chi connectivity index (χ1n) is 10.7. The fourth-order valence-electron chi connectivity index (χ4n) is 3.47. The van der Waals surface area contributed by atoms with E-state index in [0.717, 1.165) is 16.7 Å². The molecule has 0 spiro atoms. The van der Waals surface area contributed by atoms with Crippen LogP contribution in [0.25, 0.3) is 11.1 Å². The number of amides is 2. The fraction of sp³-hybridized carbons (Fsp3) is 0.440. The van der Waals surface area contributed by atoms with E-state index in [-0.39, 0.29) is 5.91 Å². The molecule has 166 valence electrons. The maximum atomic E-state index is 13.1. The molecule has 3 rings (SSSR count). The number of hydrogen-bond donors (Lipinski definition) is 1. The number of nitrogens with one attached hydrogen (secondary N) is 1. The number of carbonyl (C=O) groups excluding carboxylic acids is 2. The van der Waals surface area contributed by atoms with Crippen molar-refractivity contribution in [2.45, 2.75) is 45.8 Å². The summed E-state index contributed by atoms with van der Waals surface area (Å²) in [5.41, 5.74) is 3.81. The second kappa shape index (κ2) is 9.96. The van der Waals surface area contributed by atoms with Crippen LogP contribution in [0, 0.1) is 6.92 Å². The first kappa shape index (κ1) is 22.8. The Hall–Kier alpha value is -2.86. The number of hydrogen-bond acceptors (Lipinski definition) is 4. The monoisotopic (exact) mass is 424 g/mol. The maximum absolute atomic E-state index is 13.1. The van der Waals surface area contributed by atoms with Crippen LogP contribution in [-0.4, -0.2) is 54.8 Å². The zero-order chi connectivity index (χ0) is 22.4. The van der Waals surface area contributed by atoms with Gasteiger partial charge in [0.05, 0.1) is 13.2 Å². The van der Waals surface area contributed by atoms with Gasteiger partial charge in [-0.3, -0.25) is 4.79 Å². The molecular weight excluding hydrogens is 392 g/mol. The standard InChI is InChI=1S/C25H32N2O4/c1-18-5-9-20(10-6-18)21-11-7-19(8-12-21)17-22(26-24(29)31-25(2,3)4)23(28)27-13-15-30-16-14-27/h5-12,22H,13-17H2,1-4H3,(H,26,29)/t22-/m1/s1. The van der Waals surface area contributed by atoms with Gasteiger partial charge in [-0.2, -0.15) is 0 Å². The van der Waals surface area contributed by atoms with E-state index in [1.807, 2.05) is 24.3 Å². The predicted molar refractivity (Wildman–Crippen MR) is 121 cm³/mol. The Labute approximate surface area is 184 Å². The lowest BCUT2D eigenvalue weighted by Gasteiger charge is -2.31. The molecule has 0 aromatic heterocycles. The van der Waals surface area contributed by atoms with Crippen LogP contribution in [-0.2, 0) is 20.7 Å². The van der Waals surface area contributed by atoms with Crippen molar-refractivity contribution < 1.29 is 19.1 Å². The lowest BCUT2D eigenvalue weighted by Crippen LogP contribution is -2.53. The third-order valence-corrected chi connectivity index (χ3v) is 5.09. The van der Waals surface area contributed by atoms with Gasteiger partial charge < -0.3 is 19.7 Å². The predicted octanol–water partition coefficient (Wildman–Crippen LogP) is 3.96. The Morgan fingerprint density at radius 1 is 1.00 bits per heavy atom. The molecule has 0 saturated carbocycles. The summed E-state index contributed by atoms with van der Waals surface area (Å²) in [7, 11) is 0. The average Bonchev–Trinajstić information content (AvgIpc) is 2.73. The van der Waals surface area contributed by atoms with E-state index in [1.54, 1.807) is 25.7 Å². The number of alkyl carbamates (subject to hydrolysis) is 1. The zero-order valence-corrected chi connectivity index (χ0v) is 18.8. The number of benzene rings is 2. The molecule has 1 saturated heterocycles. The van der Waals surface area contributed by atoms with Crippen molar-refractivity contribution in [3.8, 4) is 11.1 Å². The summed E-state index contributed by atoms with van der Waals surface area (Å²) < 4.78 is 10.7. The van der Waals surface area contributed by atoms with Crippen molar-refractivity contribution in [2.75, 3.05) is 26.3 Å². The van der Waals surface area contributed by atoms with Gasteiger partial charge in [-0.15, -0.1) is 0 Å². The van der Waals surface area contributed by atoms with E-state index in [4.69, 9.17) is 9.47 Å². The summed E-state index contributed by atoms with van der Waals surface area (Å²) in [6.45, 7) is 9.54. The van der Waals surface area contributed by atoms with Crippen molar-refractivity contribution in [3.63, 3.8) is 0 Å². The van der Waals surface area contributed by atoms with Gasteiger partial charge in [0, 0.05) is 19.5 Å². The minimum Gasteiger partial charge on any atom is -0.444 e. The minimum absolute atomic E-state index is 0.114. The summed E-state index contributed by atoms with van der Waals surface area (Å²) in [6, 6.07) is 15.8. The van der Waals surface area contributed by atoms with Crippen molar-refractivity contribution in [1.29, 1.82) is 0 Å². The number of rotatable bonds is 5. The summed E-state index contributed by atoms with van der Waals surface area (Å²) in [5.74, 6) is -0.114. The highest BCUT2D eigenvalue weighted by atomic mass is 16.6. The molecule has 6 heteroatoms. The van der Waals surface area contributed by atoms with Crippen LogP contribution >= 0.6 is 0 Å². The maximum Gasteiger partial charge on any atom is 0.408 e. The number of morpholine rings is 1. The van der Waals surface area contributed by atoms with Crippen LogP contribution in [0.1, 0.15) is 31.9 Å². The fourth-order valence-corrected chi connectivity index (χ4v) is 3.47. The highest BCUT2D eigenvalue weighted by molar-refractivity contribution is 5.86. The molecule has 6 nitrogen and oxygen atoms in total. The van der Waals surface area contributed by atoms with E-state index < -0.39 is 17.7 Å². The topological polar surface area (TPSA) is 67.9 Å². The van der Waals surface area contributed by atoms with E-state index >= 15 is 0 Å². The zero-order valence-electron chi connectivity index (χ0n) is 18.8.